The number of carbonyl (C=O) groups excluding carboxylic acids is 1. The van der Waals surface area contributed by atoms with Crippen LogP contribution in [0.3, 0.4) is 0 Å². The summed E-state index contributed by atoms with van der Waals surface area (Å²) in [6.45, 7) is 5.99. The van der Waals surface area contributed by atoms with Gasteiger partial charge in [0.1, 0.15) is 0 Å². The predicted molar refractivity (Wildman–Crippen MR) is 78.3 cm³/mol. The Bertz CT molecular complexity index is 472. The molecule has 1 aromatic rings. The second-order valence-electron chi connectivity index (χ2n) is 5.45. The van der Waals surface area contributed by atoms with Gasteiger partial charge >= 0.3 is 0 Å². The van der Waals surface area contributed by atoms with E-state index in [9.17, 15) is 4.79 Å². The summed E-state index contributed by atoms with van der Waals surface area (Å²) in [5, 5.41) is 0. The van der Waals surface area contributed by atoms with Crippen LogP contribution in [0.2, 0.25) is 0 Å². The molecule has 0 bridgehead atoms. The zero-order chi connectivity index (χ0) is 14.0. The topological polar surface area (TPSA) is 72.3 Å². The first-order chi connectivity index (χ1) is 9.02. The molecule has 2 atom stereocenters. The van der Waals surface area contributed by atoms with Crippen LogP contribution in [0.15, 0.2) is 18.2 Å². The van der Waals surface area contributed by atoms with Crippen molar-refractivity contribution in [1.29, 1.82) is 0 Å². The number of nitrogens with zero attached hydrogens (tertiary/aromatic N) is 1. The Morgan fingerprint density at radius 2 is 2.21 bits per heavy atom. The molecule has 0 radical (unpaired) electrons. The van der Waals surface area contributed by atoms with E-state index in [2.05, 4.69) is 11.8 Å². The molecule has 4 N–H and O–H groups in total. The number of piperidine rings is 1. The minimum absolute atomic E-state index is 0.267. The van der Waals surface area contributed by atoms with Crippen LogP contribution in [0.1, 0.15) is 35.7 Å². The van der Waals surface area contributed by atoms with E-state index in [4.69, 9.17) is 11.5 Å². The number of carbonyl (C=O) groups is 1. The Balaban J connectivity index is 2.31. The molecule has 1 aromatic carbocycles. The van der Waals surface area contributed by atoms with Crippen molar-refractivity contribution in [3.8, 4) is 0 Å². The van der Waals surface area contributed by atoms with Gasteiger partial charge in [0.2, 0.25) is 0 Å². The van der Waals surface area contributed by atoms with Gasteiger partial charge in [0, 0.05) is 24.8 Å². The van der Waals surface area contributed by atoms with Gasteiger partial charge in [-0.3, -0.25) is 4.79 Å². The average molecular weight is 261 g/mol. The molecule has 0 aliphatic carbocycles. The molecule has 1 amide bonds. The van der Waals surface area contributed by atoms with Gasteiger partial charge in [0.15, 0.2) is 0 Å². The Hall–Kier alpha value is -1.55. The smallest absolute Gasteiger partial charge is 0.250 e. The van der Waals surface area contributed by atoms with Crippen LogP contribution in [-0.4, -0.2) is 25.0 Å². The van der Waals surface area contributed by atoms with Crippen LogP contribution in [0.4, 0.5) is 5.69 Å². The summed E-state index contributed by atoms with van der Waals surface area (Å²) < 4.78 is 0. The summed E-state index contributed by atoms with van der Waals surface area (Å²) in [6, 6.07) is 6.06. The number of amides is 1. The number of hydrogen-bond donors (Lipinski definition) is 2. The van der Waals surface area contributed by atoms with Gasteiger partial charge in [0.05, 0.1) is 5.56 Å². The Morgan fingerprint density at radius 1 is 1.47 bits per heavy atom. The maximum absolute atomic E-state index is 11.6. The monoisotopic (exact) mass is 261 g/mol. The van der Waals surface area contributed by atoms with Crippen LogP contribution in [-0.2, 0) is 0 Å². The lowest BCUT2D eigenvalue weighted by molar-refractivity contribution is 0.100. The molecule has 0 aromatic heterocycles. The van der Waals surface area contributed by atoms with Gasteiger partial charge in [-0.25, -0.2) is 0 Å². The zero-order valence-corrected chi connectivity index (χ0v) is 11.7. The first-order valence-corrected chi connectivity index (χ1v) is 6.94. The van der Waals surface area contributed by atoms with E-state index in [1.807, 2.05) is 25.1 Å². The summed E-state index contributed by atoms with van der Waals surface area (Å²) in [4.78, 5) is 13.8. The molecular formula is C15H23N3O. The minimum Gasteiger partial charge on any atom is -0.370 e. The highest BCUT2D eigenvalue weighted by Crippen LogP contribution is 2.28. The molecule has 2 unspecified atom stereocenters. The lowest BCUT2D eigenvalue weighted by Crippen LogP contribution is -2.47. The Kier molecular flexibility index (Phi) is 4.10. The highest BCUT2D eigenvalue weighted by molar-refractivity contribution is 5.98. The van der Waals surface area contributed by atoms with E-state index >= 15 is 0 Å². The van der Waals surface area contributed by atoms with E-state index in [-0.39, 0.29) is 11.9 Å². The molecule has 1 saturated heterocycles. The molecule has 104 valence electrons. The van der Waals surface area contributed by atoms with Crippen molar-refractivity contribution in [2.75, 3.05) is 18.0 Å². The number of primary amides is 1. The normalized spacial score (nSPS) is 23.4. The van der Waals surface area contributed by atoms with Crippen molar-refractivity contribution in [1.82, 2.24) is 0 Å². The highest BCUT2D eigenvalue weighted by atomic mass is 16.1. The Labute approximate surface area is 114 Å². The summed E-state index contributed by atoms with van der Waals surface area (Å²) in [7, 11) is 0. The molecule has 2 rings (SSSR count). The van der Waals surface area contributed by atoms with Crippen LogP contribution < -0.4 is 16.4 Å². The second kappa shape index (κ2) is 5.61. The molecule has 1 aliphatic rings. The first kappa shape index (κ1) is 13.9. The van der Waals surface area contributed by atoms with Gasteiger partial charge in [-0.05, 0) is 37.0 Å². The van der Waals surface area contributed by atoms with E-state index in [1.54, 1.807) is 0 Å². The summed E-state index contributed by atoms with van der Waals surface area (Å²) in [5.41, 5.74) is 14.3. The number of aryl methyl sites for hydroxylation is 1. The first-order valence-electron chi connectivity index (χ1n) is 6.94. The van der Waals surface area contributed by atoms with E-state index in [0.717, 1.165) is 37.2 Å². The van der Waals surface area contributed by atoms with Gasteiger partial charge in [-0.2, -0.15) is 0 Å². The van der Waals surface area contributed by atoms with Crippen molar-refractivity contribution in [3.63, 3.8) is 0 Å². The fourth-order valence-electron chi connectivity index (χ4n) is 2.81. The Morgan fingerprint density at radius 3 is 2.84 bits per heavy atom. The second-order valence-corrected chi connectivity index (χ2v) is 5.45. The molecule has 4 nitrogen and oxygen atoms in total. The van der Waals surface area contributed by atoms with Crippen molar-refractivity contribution in [3.05, 3.63) is 29.3 Å². The quantitative estimate of drug-likeness (QED) is 0.869. The predicted octanol–water partition coefficient (Wildman–Crippen LogP) is 1.66. The third kappa shape index (κ3) is 2.89. The van der Waals surface area contributed by atoms with Crippen molar-refractivity contribution < 1.29 is 4.79 Å². The van der Waals surface area contributed by atoms with E-state index in [1.165, 1.54) is 0 Å². The number of benzene rings is 1. The molecule has 1 fully saturated rings. The number of hydrogen-bond acceptors (Lipinski definition) is 3. The van der Waals surface area contributed by atoms with Crippen LogP contribution in [0.25, 0.3) is 0 Å². The average Bonchev–Trinajstić information content (AvgIpc) is 2.38. The number of anilines is 1. The molecule has 0 saturated carbocycles. The summed E-state index contributed by atoms with van der Waals surface area (Å²) >= 11 is 0. The van der Waals surface area contributed by atoms with Gasteiger partial charge < -0.3 is 16.4 Å². The molecule has 1 aliphatic heterocycles. The lowest BCUT2D eigenvalue weighted by Gasteiger charge is -2.38. The van der Waals surface area contributed by atoms with Gasteiger partial charge in [0.25, 0.3) is 5.91 Å². The van der Waals surface area contributed by atoms with E-state index in [0.29, 0.717) is 11.5 Å². The third-order valence-electron chi connectivity index (χ3n) is 4.08. The maximum Gasteiger partial charge on any atom is 0.250 e. The van der Waals surface area contributed by atoms with Crippen LogP contribution in [0.5, 0.6) is 0 Å². The zero-order valence-electron chi connectivity index (χ0n) is 11.7. The van der Waals surface area contributed by atoms with Crippen molar-refractivity contribution in [2.24, 2.45) is 17.4 Å². The van der Waals surface area contributed by atoms with E-state index < -0.39 is 0 Å². The fraction of sp³-hybridized carbons (Fsp3) is 0.533. The number of rotatable bonds is 3. The number of nitrogens with two attached hydrogens (primary N) is 2. The summed E-state index contributed by atoms with van der Waals surface area (Å²) in [6.07, 6.45) is 2.03. The van der Waals surface area contributed by atoms with Crippen molar-refractivity contribution in [2.45, 2.75) is 32.7 Å². The van der Waals surface area contributed by atoms with Crippen LogP contribution >= 0.6 is 0 Å². The molecule has 1 heterocycles. The fourth-order valence-corrected chi connectivity index (χ4v) is 2.81. The lowest BCUT2D eigenvalue weighted by atomic mass is 9.90. The maximum atomic E-state index is 11.6. The van der Waals surface area contributed by atoms with Gasteiger partial charge in [-0.1, -0.05) is 19.4 Å². The van der Waals surface area contributed by atoms with Crippen molar-refractivity contribution >= 4 is 11.6 Å². The summed E-state index contributed by atoms with van der Waals surface area (Å²) in [5.74, 6) is 0.118. The SMILES string of the molecule is CCC1CN(c2cc(C)ccc2C(N)=O)CCC1N. The standard InChI is InChI=1S/C15H23N3O/c1-3-11-9-18(7-6-13(11)16)14-8-10(2)4-5-12(14)15(17)19/h4-5,8,11,13H,3,6-7,9,16H2,1-2H3,(H2,17,19). The highest BCUT2D eigenvalue weighted by Gasteiger charge is 2.27. The minimum atomic E-state index is -0.363. The molecular weight excluding hydrogens is 238 g/mol. The van der Waals surface area contributed by atoms with Crippen LogP contribution in [0, 0.1) is 12.8 Å². The largest absolute Gasteiger partial charge is 0.370 e. The molecule has 19 heavy (non-hydrogen) atoms. The molecule has 0 spiro atoms. The van der Waals surface area contributed by atoms with Gasteiger partial charge in [-0.15, -0.1) is 0 Å². The molecule has 4 heteroatoms. The third-order valence-corrected chi connectivity index (χ3v) is 4.08.